The molecule has 0 aliphatic rings. The van der Waals surface area contributed by atoms with Crippen molar-refractivity contribution in [3.8, 4) is 0 Å². The molecule has 0 atom stereocenters. The van der Waals surface area contributed by atoms with E-state index in [0.717, 1.165) is 10.9 Å². The van der Waals surface area contributed by atoms with Gasteiger partial charge in [-0.1, -0.05) is 30.3 Å². The highest BCUT2D eigenvalue weighted by molar-refractivity contribution is 9.10. The summed E-state index contributed by atoms with van der Waals surface area (Å²) in [5, 5.41) is 0. The number of halogens is 1. The van der Waals surface area contributed by atoms with Gasteiger partial charge in [0.05, 0.1) is 10.7 Å². The zero-order valence-electron chi connectivity index (χ0n) is 8.65. The van der Waals surface area contributed by atoms with E-state index in [1.807, 2.05) is 30.3 Å². The van der Waals surface area contributed by atoms with Crippen LogP contribution >= 0.6 is 15.9 Å². The first-order valence-electron chi connectivity index (χ1n) is 5.07. The Hall–Kier alpha value is -1.35. The van der Waals surface area contributed by atoms with Gasteiger partial charge in [-0.15, -0.1) is 0 Å². The molecule has 1 aromatic carbocycles. The molecule has 2 nitrogen and oxygen atoms in total. The molecule has 0 spiro atoms. The molecule has 0 saturated heterocycles. The average Bonchev–Trinajstić information content (AvgIpc) is 2.74. The SMILES string of the molecule is O=C(CCc1ccccc1)c1occc1Br. The lowest BCUT2D eigenvalue weighted by Gasteiger charge is -1.99. The van der Waals surface area contributed by atoms with E-state index in [2.05, 4.69) is 15.9 Å². The molecular formula is C13H11BrO2. The number of carbonyl (C=O) groups excluding carboxylic acids is 1. The van der Waals surface area contributed by atoms with Crippen LogP contribution in [0.25, 0.3) is 0 Å². The van der Waals surface area contributed by atoms with Gasteiger partial charge < -0.3 is 4.42 Å². The maximum absolute atomic E-state index is 11.8. The number of rotatable bonds is 4. The Bertz CT molecular complexity index is 474. The number of carbonyl (C=O) groups is 1. The van der Waals surface area contributed by atoms with Gasteiger partial charge in [0.2, 0.25) is 0 Å². The van der Waals surface area contributed by atoms with Crippen LogP contribution in [0, 0.1) is 0 Å². The molecule has 0 amide bonds. The largest absolute Gasteiger partial charge is 0.460 e. The molecule has 0 saturated carbocycles. The molecule has 2 rings (SSSR count). The van der Waals surface area contributed by atoms with Gasteiger partial charge >= 0.3 is 0 Å². The maximum atomic E-state index is 11.8. The molecule has 0 unspecified atom stereocenters. The van der Waals surface area contributed by atoms with E-state index in [1.165, 1.54) is 11.8 Å². The summed E-state index contributed by atoms with van der Waals surface area (Å²) in [6, 6.07) is 11.7. The number of benzene rings is 1. The minimum absolute atomic E-state index is 0.0285. The smallest absolute Gasteiger partial charge is 0.199 e. The lowest BCUT2D eigenvalue weighted by atomic mass is 10.1. The van der Waals surface area contributed by atoms with Crippen LogP contribution in [-0.2, 0) is 6.42 Å². The molecular weight excluding hydrogens is 268 g/mol. The first-order valence-corrected chi connectivity index (χ1v) is 5.87. The van der Waals surface area contributed by atoms with Gasteiger partial charge in [-0.05, 0) is 34.0 Å². The van der Waals surface area contributed by atoms with Crippen LogP contribution in [0.3, 0.4) is 0 Å². The molecule has 0 aliphatic carbocycles. The second-order valence-corrected chi connectivity index (χ2v) is 4.36. The number of hydrogen-bond acceptors (Lipinski definition) is 2. The Morgan fingerprint density at radius 3 is 2.56 bits per heavy atom. The molecule has 82 valence electrons. The number of Topliss-reactive ketones (excluding diaryl/α,β-unsaturated/α-hetero) is 1. The molecule has 0 N–H and O–H groups in total. The third kappa shape index (κ3) is 2.61. The van der Waals surface area contributed by atoms with Crippen LogP contribution in [-0.4, -0.2) is 5.78 Å². The molecule has 1 heterocycles. The van der Waals surface area contributed by atoms with Crippen molar-refractivity contribution >= 4 is 21.7 Å². The Balaban J connectivity index is 1.97. The van der Waals surface area contributed by atoms with Gasteiger partial charge in [0.1, 0.15) is 0 Å². The van der Waals surface area contributed by atoms with Gasteiger partial charge in [0.25, 0.3) is 0 Å². The van der Waals surface area contributed by atoms with E-state index in [9.17, 15) is 4.79 Å². The summed E-state index contributed by atoms with van der Waals surface area (Å²) in [4.78, 5) is 11.8. The Morgan fingerprint density at radius 2 is 1.94 bits per heavy atom. The van der Waals surface area contributed by atoms with Crippen molar-refractivity contribution in [2.24, 2.45) is 0 Å². The standard InChI is InChI=1S/C13H11BrO2/c14-11-8-9-16-13(11)12(15)7-6-10-4-2-1-3-5-10/h1-5,8-9H,6-7H2. The lowest BCUT2D eigenvalue weighted by Crippen LogP contribution is -2.00. The van der Waals surface area contributed by atoms with E-state index >= 15 is 0 Å². The summed E-state index contributed by atoms with van der Waals surface area (Å²) >= 11 is 3.28. The second-order valence-electron chi connectivity index (χ2n) is 3.51. The number of furan rings is 1. The topological polar surface area (TPSA) is 30.2 Å². The highest BCUT2D eigenvalue weighted by atomic mass is 79.9. The first-order chi connectivity index (χ1) is 7.77. The molecule has 2 aromatic rings. The predicted molar refractivity (Wildman–Crippen MR) is 65.5 cm³/mol. The van der Waals surface area contributed by atoms with Crippen LogP contribution in [0.15, 0.2) is 51.6 Å². The van der Waals surface area contributed by atoms with Gasteiger partial charge in [0, 0.05) is 6.42 Å². The molecule has 0 bridgehead atoms. The fourth-order valence-electron chi connectivity index (χ4n) is 1.51. The second kappa shape index (κ2) is 5.12. The van der Waals surface area contributed by atoms with Gasteiger partial charge in [-0.25, -0.2) is 0 Å². The molecule has 0 aliphatic heterocycles. The van der Waals surface area contributed by atoms with Gasteiger partial charge in [0.15, 0.2) is 11.5 Å². The molecule has 0 radical (unpaired) electrons. The van der Waals surface area contributed by atoms with E-state index < -0.39 is 0 Å². The quantitative estimate of drug-likeness (QED) is 0.795. The summed E-state index contributed by atoms with van der Waals surface area (Å²) in [5.74, 6) is 0.441. The summed E-state index contributed by atoms with van der Waals surface area (Å²) < 4.78 is 5.85. The summed E-state index contributed by atoms with van der Waals surface area (Å²) in [5.41, 5.74) is 1.17. The fourth-order valence-corrected chi connectivity index (χ4v) is 1.93. The minimum atomic E-state index is 0.0285. The number of ketones is 1. The van der Waals surface area contributed by atoms with E-state index in [1.54, 1.807) is 6.07 Å². The van der Waals surface area contributed by atoms with Crippen molar-refractivity contribution in [2.75, 3.05) is 0 Å². The normalized spacial score (nSPS) is 10.3. The van der Waals surface area contributed by atoms with Crippen LogP contribution in [0.1, 0.15) is 22.5 Å². The van der Waals surface area contributed by atoms with E-state index in [-0.39, 0.29) is 5.78 Å². The molecule has 1 aromatic heterocycles. The Labute approximate surface area is 102 Å². The summed E-state index contributed by atoms with van der Waals surface area (Å²) in [7, 11) is 0. The highest BCUT2D eigenvalue weighted by Crippen LogP contribution is 2.19. The molecule has 3 heteroatoms. The zero-order chi connectivity index (χ0) is 11.4. The number of aryl methyl sites for hydroxylation is 1. The van der Waals surface area contributed by atoms with Gasteiger partial charge in [-0.3, -0.25) is 4.79 Å². The Morgan fingerprint density at radius 1 is 1.19 bits per heavy atom. The first kappa shape index (κ1) is 11.1. The van der Waals surface area contributed by atoms with Crippen LogP contribution in [0.4, 0.5) is 0 Å². The summed E-state index contributed by atoms with van der Waals surface area (Å²) in [6.45, 7) is 0. The van der Waals surface area contributed by atoms with Crippen molar-refractivity contribution in [1.82, 2.24) is 0 Å². The van der Waals surface area contributed by atoms with Crippen molar-refractivity contribution in [3.63, 3.8) is 0 Å². The van der Waals surface area contributed by atoms with Gasteiger partial charge in [-0.2, -0.15) is 0 Å². The van der Waals surface area contributed by atoms with Crippen molar-refractivity contribution in [2.45, 2.75) is 12.8 Å². The Kier molecular flexibility index (Phi) is 3.57. The van der Waals surface area contributed by atoms with Crippen molar-refractivity contribution in [3.05, 3.63) is 58.5 Å². The van der Waals surface area contributed by atoms with E-state index in [4.69, 9.17) is 4.42 Å². The lowest BCUT2D eigenvalue weighted by molar-refractivity contribution is 0.0955. The monoisotopic (exact) mass is 278 g/mol. The van der Waals surface area contributed by atoms with Crippen LogP contribution in [0.2, 0.25) is 0 Å². The third-order valence-electron chi connectivity index (χ3n) is 2.35. The minimum Gasteiger partial charge on any atom is -0.460 e. The highest BCUT2D eigenvalue weighted by Gasteiger charge is 2.13. The van der Waals surface area contributed by atoms with Crippen LogP contribution < -0.4 is 0 Å². The van der Waals surface area contributed by atoms with Crippen molar-refractivity contribution in [1.29, 1.82) is 0 Å². The third-order valence-corrected chi connectivity index (χ3v) is 2.98. The average molecular weight is 279 g/mol. The zero-order valence-corrected chi connectivity index (χ0v) is 10.2. The molecule has 16 heavy (non-hydrogen) atoms. The van der Waals surface area contributed by atoms with E-state index in [0.29, 0.717) is 12.2 Å². The van der Waals surface area contributed by atoms with Crippen LogP contribution in [0.5, 0.6) is 0 Å². The van der Waals surface area contributed by atoms with Crippen molar-refractivity contribution < 1.29 is 9.21 Å². The fraction of sp³-hybridized carbons (Fsp3) is 0.154. The molecule has 0 fully saturated rings. The summed E-state index contributed by atoms with van der Waals surface area (Å²) in [6.07, 6.45) is 2.72. The predicted octanol–water partition coefficient (Wildman–Crippen LogP) is 3.86. The number of hydrogen-bond donors (Lipinski definition) is 0. The maximum Gasteiger partial charge on any atom is 0.199 e.